The molecule has 84 valence electrons. The van der Waals surface area contributed by atoms with Gasteiger partial charge in [-0.2, -0.15) is 4.31 Å². The number of carbonyl (C=O) groups is 1. The fourth-order valence-corrected chi connectivity index (χ4v) is 1.25. The zero-order chi connectivity index (χ0) is 12.0. The van der Waals surface area contributed by atoms with Crippen LogP contribution >= 0.6 is 15.6 Å². The highest BCUT2D eigenvalue weighted by molar-refractivity contribution is 7.60. The molecular weight excluding hydrogens is 242 g/mol. The lowest BCUT2D eigenvalue weighted by Gasteiger charge is -2.03. The highest BCUT2D eigenvalue weighted by Crippen LogP contribution is 2.53. The standard InChI is InChI=1S/C3H4O2.H4O7P2/c1-2-3(4)5;1-8(2,3)7-9(4,5)6/h2H,1H2,(H,4,5);(H2,1,2,3)(H2,4,5,6). The Morgan fingerprint density at radius 1 is 1.14 bits per heavy atom. The average molecular weight is 250 g/mol. The topological polar surface area (TPSA) is 162 Å². The van der Waals surface area contributed by atoms with Crippen LogP contribution in [0.15, 0.2) is 12.7 Å². The van der Waals surface area contributed by atoms with Gasteiger partial charge in [0.15, 0.2) is 0 Å². The summed E-state index contributed by atoms with van der Waals surface area (Å²) in [5.41, 5.74) is 0. The number of phosphoric acid groups is 2. The second-order valence-electron chi connectivity index (χ2n) is 1.61. The van der Waals surface area contributed by atoms with Crippen LogP contribution in [0.1, 0.15) is 0 Å². The number of rotatable bonds is 3. The van der Waals surface area contributed by atoms with Gasteiger partial charge in [0.25, 0.3) is 0 Å². The summed E-state index contributed by atoms with van der Waals surface area (Å²) >= 11 is 0. The van der Waals surface area contributed by atoms with Gasteiger partial charge in [-0.05, 0) is 0 Å². The molecule has 0 radical (unpaired) electrons. The Balaban J connectivity index is 0. The van der Waals surface area contributed by atoms with Gasteiger partial charge in [0.2, 0.25) is 0 Å². The first-order valence-electron chi connectivity index (χ1n) is 2.65. The van der Waals surface area contributed by atoms with Crippen molar-refractivity contribution >= 4 is 21.6 Å². The van der Waals surface area contributed by atoms with E-state index < -0.39 is 21.6 Å². The first-order chi connectivity index (χ1) is 5.98. The van der Waals surface area contributed by atoms with E-state index in [9.17, 15) is 13.9 Å². The van der Waals surface area contributed by atoms with Gasteiger partial charge in [0, 0.05) is 6.08 Å². The lowest BCUT2D eigenvalue weighted by Crippen LogP contribution is -1.84. The summed E-state index contributed by atoms with van der Waals surface area (Å²) in [7, 11) is -10.1. The molecule has 0 aliphatic heterocycles. The number of hydrogen-bond acceptors (Lipinski definition) is 4. The molecule has 5 N–H and O–H groups in total. The molecule has 0 aromatic rings. The summed E-state index contributed by atoms with van der Waals surface area (Å²) in [6.45, 7) is 2.96. The van der Waals surface area contributed by atoms with E-state index in [1.54, 1.807) is 0 Å². The summed E-state index contributed by atoms with van der Waals surface area (Å²) in [5.74, 6) is -0.981. The molecule has 0 saturated carbocycles. The Labute approximate surface area is 78.1 Å². The SMILES string of the molecule is C=CC(=O)O.O=P(O)(O)OP(=O)(O)O. The predicted octanol–water partition coefficient (Wildman–Crippen LogP) is -0.555. The summed E-state index contributed by atoms with van der Waals surface area (Å²) < 4.78 is 22.2. The lowest BCUT2D eigenvalue weighted by atomic mass is 10.7. The Morgan fingerprint density at radius 2 is 1.36 bits per heavy atom. The fraction of sp³-hybridized carbons (Fsp3) is 0. The van der Waals surface area contributed by atoms with Crippen molar-refractivity contribution in [3.8, 4) is 0 Å². The molecule has 0 rings (SSSR count). The smallest absolute Gasteiger partial charge is 0.478 e. The summed E-state index contributed by atoms with van der Waals surface area (Å²) in [6, 6.07) is 0. The number of hydrogen-bond donors (Lipinski definition) is 5. The van der Waals surface area contributed by atoms with Gasteiger partial charge >= 0.3 is 21.6 Å². The quantitative estimate of drug-likeness (QED) is 0.326. The maximum absolute atomic E-state index is 9.63. The van der Waals surface area contributed by atoms with Crippen LogP contribution < -0.4 is 0 Å². The summed E-state index contributed by atoms with van der Waals surface area (Å²) in [6.07, 6.45) is 0.833. The van der Waals surface area contributed by atoms with Crippen LogP contribution in [0.25, 0.3) is 0 Å². The van der Waals surface area contributed by atoms with E-state index in [4.69, 9.17) is 24.7 Å². The Hall–Kier alpha value is -0.530. The van der Waals surface area contributed by atoms with Gasteiger partial charge in [-0.1, -0.05) is 6.58 Å². The van der Waals surface area contributed by atoms with Crippen LogP contribution in [0.3, 0.4) is 0 Å². The van der Waals surface area contributed by atoms with E-state index in [-0.39, 0.29) is 0 Å². The Bertz CT molecular complexity index is 262. The van der Waals surface area contributed by atoms with Gasteiger partial charge in [0.05, 0.1) is 0 Å². The second kappa shape index (κ2) is 6.05. The van der Waals surface area contributed by atoms with Crippen molar-refractivity contribution in [1.82, 2.24) is 0 Å². The molecule has 0 unspecified atom stereocenters. The minimum Gasteiger partial charge on any atom is -0.478 e. The minimum atomic E-state index is -5.05. The monoisotopic (exact) mass is 250 g/mol. The Kier molecular flexibility index (Phi) is 6.88. The third-order valence-electron chi connectivity index (χ3n) is 0.387. The molecule has 0 saturated heterocycles. The average Bonchev–Trinajstić information content (AvgIpc) is 1.80. The van der Waals surface area contributed by atoms with Crippen LogP contribution in [-0.4, -0.2) is 30.6 Å². The van der Waals surface area contributed by atoms with Crippen molar-refractivity contribution in [2.24, 2.45) is 0 Å². The molecule has 0 spiro atoms. The van der Waals surface area contributed by atoms with Crippen molar-refractivity contribution in [2.75, 3.05) is 0 Å². The molecule has 14 heavy (non-hydrogen) atoms. The number of aliphatic carboxylic acids is 1. The first-order valence-corrected chi connectivity index (χ1v) is 5.72. The van der Waals surface area contributed by atoms with E-state index in [1.165, 1.54) is 0 Å². The van der Waals surface area contributed by atoms with E-state index in [0.717, 1.165) is 6.08 Å². The molecule has 0 atom stereocenters. The largest absolute Gasteiger partial charge is 0.478 e. The fourth-order valence-electron chi connectivity index (χ4n) is 0.139. The normalized spacial score (nSPS) is 11.1. The van der Waals surface area contributed by atoms with Gasteiger partial charge in [0.1, 0.15) is 0 Å². The predicted molar refractivity (Wildman–Crippen MR) is 43.0 cm³/mol. The maximum atomic E-state index is 9.63. The van der Waals surface area contributed by atoms with E-state index >= 15 is 0 Å². The highest BCUT2D eigenvalue weighted by atomic mass is 31.3. The molecule has 0 aliphatic rings. The van der Waals surface area contributed by atoms with Crippen molar-refractivity contribution in [3.05, 3.63) is 12.7 Å². The molecule has 0 bridgehead atoms. The van der Waals surface area contributed by atoms with Crippen molar-refractivity contribution < 1.29 is 42.9 Å². The molecule has 0 heterocycles. The van der Waals surface area contributed by atoms with E-state index in [1.807, 2.05) is 0 Å². The minimum absolute atomic E-state index is 0.833. The van der Waals surface area contributed by atoms with Gasteiger partial charge in [-0.3, -0.25) is 0 Å². The molecule has 0 aliphatic carbocycles. The lowest BCUT2D eigenvalue weighted by molar-refractivity contribution is -0.131. The van der Waals surface area contributed by atoms with Gasteiger partial charge in [-0.15, -0.1) is 0 Å². The van der Waals surface area contributed by atoms with E-state index in [2.05, 4.69) is 10.9 Å². The molecule has 0 amide bonds. The highest BCUT2D eigenvalue weighted by Gasteiger charge is 2.27. The third kappa shape index (κ3) is 22.5. The molecule has 0 fully saturated rings. The molecule has 9 nitrogen and oxygen atoms in total. The van der Waals surface area contributed by atoms with Crippen molar-refractivity contribution in [3.63, 3.8) is 0 Å². The summed E-state index contributed by atoms with van der Waals surface area (Å²) in [5, 5.41) is 7.60. The zero-order valence-corrected chi connectivity index (χ0v) is 8.34. The maximum Gasteiger partial charge on any atom is 0.478 e. The molecule has 0 aromatic carbocycles. The van der Waals surface area contributed by atoms with Crippen LogP contribution in [0.4, 0.5) is 0 Å². The first kappa shape index (κ1) is 15.9. The molecular formula is C3H8O9P2. The number of carboxylic acid groups (broad SMARTS) is 1. The van der Waals surface area contributed by atoms with Crippen LogP contribution in [0.5, 0.6) is 0 Å². The van der Waals surface area contributed by atoms with Crippen LogP contribution in [-0.2, 0) is 18.2 Å². The summed E-state index contributed by atoms with van der Waals surface area (Å²) in [4.78, 5) is 40.2. The van der Waals surface area contributed by atoms with Gasteiger partial charge < -0.3 is 24.7 Å². The van der Waals surface area contributed by atoms with Crippen molar-refractivity contribution in [1.29, 1.82) is 0 Å². The molecule has 0 aromatic heterocycles. The number of carboxylic acids is 1. The zero-order valence-electron chi connectivity index (χ0n) is 6.55. The second-order valence-corrected chi connectivity index (χ2v) is 4.22. The Morgan fingerprint density at radius 3 is 1.36 bits per heavy atom. The van der Waals surface area contributed by atoms with Crippen LogP contribution in [0, 0.1) is 0 Å². The van der Waals surface area contributed by atoms with E-state index in [0.29, 0.717) is 0 Å². The molecule has 11 heteroatoms. The third-order valence-corrected chi connectivity index (χ3v) is 2.09. The van der Waals surface area contributed by atoms with Crippen molar-refractivity contribution in [2.45, 2.75) is 0 Å². The van der Waals surface area contributed by atoms with Gasteiger partial charge in [-0.25, -0.2) is 13.9 Å². The van der Waals surface area contributed by atoms with Crippen LogP contribution in [0.2, 0.25) is 0 Å².